The molecular formula is C19H16F5N5O2S. The van der Waals surface area contributed by atoms with E-state index in [4.69, 9.17) is 0 Å². The molecule has 0 saturated carbocycles. The van der Waals surface area contributed by atoms with Gasteiger partial charge in [-0.25, -0.2) is 13.4 Å². The Morgan fingerprint density at radius 2 is 1.75 bits per heavy atom. The van der Waals surface area contributed by atoms with Crippen molar-refractivity contribution in [1.82, 2.24) is 24.3 Å². The third kappa shape index (κ3) is 3.49. The molecule has 0 saturated heterocycles. The monoisotopic (exact) mass is 473 g/mol. The number of sulfone groups is 1. The lowest BCUT2D eigenvalue weighted by Crippen LogP contribution is -2.14. The largest absolute Gasteiger partial charge is 0.416 e. The molecule has 0 N–H and O–H groups in total. The van der Waals surface area contributed by atoms with Crippen LogP contribution in [0.15, 0.2) is 35.5 Å². The van der Waals surface area contributed by atoms with Crippen molar-refractivity contribution in [3.8, 4) is 5.95 Å². The summed E-state index contributed by atoms with van der Waals surface area (Å²) >= 11 is 0. The van der Waals surface area contributed by atoms with Gasteiger partial charge in [0.05, 0.1) is 34.1 Å². The van der Waals surface area contributed by atoms with Gasteiger partial charge in [0.25, 0.3) is 5.92 Å². The third-order valence-electron chi connectivity index (χ3n) is 5.01. The summed E-state index contributed by atoms with van der Waals surface area (Å²) in [6.45, 7) is 2.06. The highest BCUT2D eigenvalue weighted by atomic mass is 32.2. The highest BCUT2D eigenvalue weighted by molar-refractivity contribution is 7.91. The van der Waals surface area contributed by atoms with E-state index in [2.05, 4.69) is 15.1 Å². The van der Waals surface area contributed by atoms with Crippen LogP contribution in [-0.2, 0) is 29.0 Å². The summed E-state index contributed by atoms with van der Waals surface area (Å²) < 4.78 is 94.7. The van der Waals surface area contributed by atoms with Crippen LogP contribution >= 0.6 is 0 Å². The highest BCUT2D eigenvalue weighted by Crippen LogP contribution is 2.34. The fraction of sp³-hybridized carbons (Fsp3) is 0.316. The summed E-state index contributed by atoms with van der Waals surface area (Å²) in [7, 11) is -2.47. The van der Waals surface area contributed by atoms with Crippen molar-refractivity contribution in [1.29, 1.82) is 0 Å². The maximum atomic E-state index is 13.7. The van der Waals surface area contributed by atoms with E-state index in [0.717, 1.165) is 35.1 Å². The van der Waals surface area contributed by atoms with Gasteiger partial charge in [0.1, 0.15) is 5.69 Å². The van der Waals surface area contributed by atoms with Crippen LogP contribution in [0.25, 0.3) is 27.9 Å². The number of imidazole rings is 1. The Hall–Kier alpha value is -3.09. The molecule has 0 aliphatic heterocycles. The first kappa shape index (κ1) is 22.1. The van der Waals surface area contributed by atoms with Crippen LogP contribution in [0.4, 0.5) is 22.0 Å². The van der Waals surface area contributed by atoms with Gasteiger partial charge in [-0.05, 0) is 24.3 Å². The number of hydrogen-bond acceptors (Lipinski definition) is 5. The highest BCUT2D eigenvalue weighted by Gasteiger charge is 2.33. The van der Waals surface area contributed by atoms with Gasteiger partial charge in [-0.3, -0.25) is 4.98 Å². The van der Waals surface area contributed by atoms with E-state index < -0.39 is 33.2 Å². The number of rotatable bonds is 4. The minimum absolute atomic E-state index is 0.00851. The van der Waals surface area contributed by atoms with Crippen LogP contribution in [0.3, 0.4) is 0 Å². The Balaban J connectivity index is 2.04. The molecule has 0 aliphatic rings. The van der Waals surface area contributed by atoms with Gasteiger partial charge in [0.2, 0.25) is 5.95 Å². The summed E-state index contributed by atoms with van der Waals surface area (Å²) in [4.78, 5) is 7.97. The second-order valence-corrected chi connectivity index (χ2v) is 9.46. The van der Waals surface area contributed by atoms with E-state index in [9.17, 15) is 30.4 Å². The lowest BCUT2D eigenvalue weighted by Gasteiger charge is -2.08. The van der Waals surface area contributed by atoms with E-state index in [0.29, 0.717) is 12.4 Å². The Morgan fingerprint density at radius 1 is 1.06 bits per heavy atom. The molecule has 0 bridgehead atoms. The van der Waals surface area contributed by atoms with Gasteiger partial charge < -0.3 is 4.57 Å². The Bertz CT molecular complexity index is 1470. The van der Waals surface area contributed by atoms with E-state index >= 15 is 0 Å². The molecule has 0 unspecified atom stereocenters. The van der Waals surface area contributed by atoms with Crippen LogP contribution < -0.4 is 0 Å². The number of halogens is 5. The first-order valence-corrected chi connectivity index (χ1v) is 10.9. The fourth-order valence-electron chi connectivity index (χ4n) is 3.32. The van der Waals surface area contributed by atoms with E-state index in [-0.39, 0.29) is 33.1 Å². The first-order valence-electron chi connectivity index (χ1n) is 9.28. The smallest absolute Gasteiger partial charge is 0.310 e. The van der Waals surface area contributed by atoms with Gasteiger partial charge >= 0.3 is 6.18 Å². The molecule has 0 fully saturated rings. The van der Waals surface area contributed by atoms with Crippen LogP contribution in [0, 0.1) is 0 Å². The maximum Gasteiger partial charge on any atom is 0.416 e. The molecule has 4 aromatic rings. The number of pyridine rings is 1. The van der Waals surface area contributed by atoms with Gasteiger partial charge in [0.15, 0.2) is 14.9 Å². The van der Waals surface area contributed by atoms with Crippen molar-refractivity contribution in [2.45, 2.75) is 31.0 Å². The predicted molar refractivity (Wildman–Crippen MR) is 105 cm³/mol. The number of benzene rings is 1. The standard InChI is InChI=1S/C19H16F5N5O2S/c1-4-32(30,31)16-11-6-5-10(19(22,23)24)7-12(11)27-29(16)17-26-13-8-15(18(2,20)21)25-9-14(13)28(17)3/h5-9H,4H2,1-3H3. The number of hydrogen-bond donors (Lipinski definition) is 0. The second-order valence-electron chi connectivity index (χ2n) is 7.27. The lowest BCUT2D eigenvalue weighted by molar-refractivity contribution is -0.137. The summed E-state index contributed by atoms with van der Waals surface area (Å²) in [5, 5.41) is 3.74. The maximum absolute atomic E-state index is 13.7. The van der Waals surface area contributed by atoms with Crippen molar-refractivity contribution in [3.05, 3.63) is 41.7 Å². The topological polar surface area (TPSA) is 82.7 Å². The molecule has 1 aromatic carbocycles. The third-order valence-corrected chi connectivity index (χ3v) is 6.76. The molecule has 13 heteroatoms. The summed E-state index contributed by atoms with van der Waals surface area (Å²) in [5.41, 5.74) is -1.30. The molecule has 3 heterocycles. The SMILES string of the molecule is CCS(=O)(=O)c1c2ccc(C(F)(F)F)cc2nn1-c1nc2cc(C(C)(F)F)ncc2n1C. The van der Waals surface area contributed by atoms with Gasteiger partial charge in [-0.2, -0.15) is 31.7 Å². The number of nitrogens with zero attached hydrogens (tertiary/aromatic N) is 5. The van der Waals surface area contributed by atoms with Crippen molar-refractivity contribution >= 4 is 31.8 Å². The zero-order valence-corrected chi connectivity index (χ0v) is 17.8. The zero-order valence-electron chi connectivity index (χ0n) is 16.9. The van der Waals surface area contributed by atoms with E-state index in [1.807, 2.05) is 0 Å². The van der Waals surface area contributed by atoms with Gasteiger partial charge in [-0.15, -0.1) is 0 Å². The molecule has 0 spiro atoms. The Morgan fingerprint density at radius 3 is 2.34 bits per heavy atom. The molecule has 170 valence electrons. The first-order chi connectivity index (χ1) is 14.7. The quantitative estimate of drug-likeness (QED) is 0.415. The summed E-state index contributed by atoms with van der Waals surface area (Å²) in [6.07, 6.45) is -3.48. The molecule has 0 atom stereocenters. The number of aryl methyl sites for hydroxylation is 1. The van der Waals surface area contributed by atoms with Gasteiger partial charge in [0, 0.05) is 19.4 Å². The van der Waals surface area contributed by atoms with Crippen LogP contribution in [0.5, 0.6) is 0 Å². The molecule has 0 amide bonds. The lowest BCUT2D eigenvalue weighted by atomic mass is 10.1. The van der Waals surface area contributed by atoms with Crippen molar-refractivity contribution < 1.29 is 30.4 Å². The molecule has 0 aliphatic carbocycles. The zero-order chi connectivity index (χ0) is 23.6. The Labute approximate surface area is 178 Å². The number of aromatic nitrogens is 5. The van der Waals surface area contributed by atoms with Crippen molar-refractivity contribution in [2.24, 2.45) is 7.05 Å². The molecule has 7 nitrogen and oxygen atoms in total. The minimum Gasteiger partial charge on any atom is -0.310 e. The molecular weight excluding hydrogens is 457 g/mol. The van der Waals surface area contributed by atoms with Crippen molar-refractivity contribution in [3.63, 3.8) is 0 Å². The normalized spacial score (nSPS) is 13.4. The minimum atomic E-state index is -4.65. The second kappa shape index (κ2) is 6.95. The van der Waals surface area contributed by atoms with E-state index in [1.54, 1.807) is 0 Å². The average Bonchev–Trinajstić information content (AvgIpc) is 3.24. The molecule has 32 heavy (non-hydrogen) atoms. The van der Waals surface area contributed by atoms with Gasteiger partial charge in [-0.1, -0.05) is 6.92 Å². The predicted octanol–water partition coefficient (Wildman–Crippen LogP) is 4.23. The Kier molecular flexibility index (Phi) is 4.81. The molecule has 0 radical (unpaired) electrons. The van der Waals surface area contributed by atoms with Crippen LogP contribution in [-0.4, -0.2) is 38.5 Å². The van der Waals surface area contributed by atoms with E-state index in [1.165, 1.54) is 18.5 Å². The molecule has 4 rings (SSSR count). The van der Waals surface area contributed by atoms with Crippen LogP contribution in [0.2, 0.25) is 0 Å². The summed E-state index contributed by atoms with van der Waals surface area (Å²) in [5.74, 6) is -3.64. The fourth-order valence-corrected chi connectivity index (χ4v) is 4.48. The van der Waals surface area contributed by atoms with Crippen molar-refractivity contribution in [2.75, 3.05) is 5.75 Å². The molecule has 3 aromatic heterocycles. The number of alkyl halides is 5. The van der Waals surface area contributed by atoms with Crippen LogP contribution in [0.1, 0.15) is 25.1 Å². The number of fused-ring (bicyclic) bond motifs is 2. The average molecular weight is 473 g/mol. The summed E-state index contributed by atoms with van der Waals surface area (Å²) in [6, 6.07) is 3.64.